The number of carboxylic acids is 1. The summed E-state index contributed by atoms with van der Waals surface area (Å²) >= 11 is 0. The van der Waals surface area contributed by atoms with E-state index in [4.69, 9.17) is 14.6 Å². The Balaban J connectivity index is 2.48. The zero-order chi connectivity index (χ0) is 15.0. The van der Waals surface area contributed by atoms with Crippen molar-refractivity contribution in [1.82, 2.24) is 5.32 Å². The second-order valence-electron chi connectivity index (χ2n) is 4.26. The molecular formula is C14H19NO5. The lowest BCUT2D eigenvalue weighted by atomic mass is 10.1. The molecule has 0 radical (unpaired) electrons. The largest absolute Gasteiger partial charge is 0.480 e. The van der Waals surface area contributed by atoms with E-state index in [9.17, 15) is 9.59 Å². The highest BCUT2D eigenvalue weighted by Crippen LogP contribution is 2.16. The Morgan fingerprint density at radius 1 is 1.25 bits per heavy atom. The van der Waals surface area contributed by atoms with Gasteiger partial charge in [-0.05, 0) is 5.56 Å². The molecule has 110 valence electrons. The second-order valence-corrected chi connectivity index (χ2v) is 4.26. The molecule has 2 atom stereocenters. The number of ether oxygens (including phenoxy) is 2. The Labute approximate surface area is 117 Å². The minimum Gasteiger partial charge on any atom is -0.480 e. The molecule has 1 aromatic rings. The van der Waals surface area contributed by atoms with Gasteiger partial charge in [0.2, 0.25) is 5.91 Å². The van der Waals surface area contributed by atoms with Crippen molar-refractivity contribution in [3.63, 3.8) is 0 Å². The number of carboxylic acid groups (broad SMARTS) is 1. The summed E-state index contributed by atoms with van der Waals surface area (Å²) in [5.74, 6) is -1.54. The molecule has 0 unspecified atom stereocenters. The van der Waals surface area contributed by atoms with Crippen LogP contribution in [0.25, 0.3) is 0 Å². The Bertz CT molecular complexity index is 434. The number of hydrogen-bond acceptors (Lipinski definition) is 4. The Hall–Kier alpha value is -1.92. The second kappa shape index (κ2) is 8.29. The summed E-state index contributed by atoms with van der Waals surface area (Å²) in [6, 6.07) is 8.42. The van der Waals surface area contributed by atoms with E-state index < -0.39 is 17.9 Å². The third-order valence-electron chi connectivity index (χ3n) is 2.69. The van der Waals surface area contributed by atoms with Gasteiger partial charge in [-0.15, -0.1) is 0 Å². The molecule has 0 bridgehead atoms. The normalized spacial score (nSPS) is 13.5. The van der Waals surface area contributed by atoms with Gasteiger partial charge >= 0.3 is 5.97 Å². The maximum Gasteiger partial charge on any atom is 0.328 e. The number of carbonyl (C=O) groups is 2. The minimum absolute atomic E-state index is 0.110. The Morgan fingerprint density at radius 3 is 2.40 bits per heavy atom. The number of benzene rings is 1. The number of carbonyl (C=O) groups excluding carboxylic acids is 1. The van der Waals surface area contributed by atoms with E-state index in [1.165, 1.54) is 6.92 Å². The predicted octanol–water partition coefficient (Wildman–Crippen LogP) is 0.980. The maximum atomic E-state index is 10.9. The summed E-state index contributed by atoms with van der Waals surface area (Å²) in [5.41, 5.74) is 0.946. The third-order valence-corrected chi connectivity index (χ3v) is 2.69. The summed E-state index contributed by atoms with van der Waals surface area (Å²) in [7, 11) is 1.56. The molecule has 20 heavy (non-hydrogen) atoms. The van der Waals surface area contributed by atoms with Gasteiger partial charge < -0.3 is 19.9 Å². The van der Waals surface area contributed by atoms with Crippen molar-refractivity contribution in [2.75, 3.05) is 20.3 Å². The summed E-state index contributed by atoms with van der Waals surface area (Å²) in [4.78, 5) is 21.8. The average molecular weight is 281 g/mol. The zero-order valence-corrected chi connectivity index (χ0v) is 11.5. The smallest absolute Gasteiger partial charge is 0.328 e. The summed E-state index contributed by atoms with van der Waals surface area (Å²) in [6.07, 6.45) is -0.275. The fraction of sp³-hybridized carbons (Fsp3) is 0.429. The molecule has 0 saturated carbocycles. The first-order chi connectivity index (χ1) is 9.54. The van der Waals surface area contributed by atoms with Crippen LogP contribution in [-0.4, -0.2) is 43.3 Å². The van der Waals surface area contributed by atoms with Crippen molar-refractivity contribution in [2.45, 2.75) is 19.1 Å². The van der Waals surface area contributed by atoms with Gasteiger partial charge in [0.05, 0.1) is 13.2 Å². The van der Waals surface area contributed by atoms with Crippen LogP contribution in [0.1, 0.15) is 18.6 Å². The lowest BCUT2D eigenvalue weighted by Gasteiger charge is -2.18. The molecule has 0 aliphatic rings. The topological polar surface area (TPSA) is 84.9 Å². The molecule has 1 rings (SSSR count). The Morgan fingerprint density at radius 2 is 1.90 bits per heavy atom. The molecule has 6 heteroatoms. The van der Waals surface area contributed by atoms with Crippen LogP contribution >= 0.6 is 0 Å². The van der Waals surface area contributed by atoms with Crippen LogP contribution in [0.3, 0.4) is 0 Å². The lowest BCUT2D eigenvalue weighted by Crippen LogP contribution is -2.43. The first-order valence-corrected chi connectivity index (χ1v) is 6.20. The summed E-state index contributed by atoms with van der Waals surface area (Å²) < 4.78 is 10.6. The van der Waals surface area contributed by atoms with E-state index in [2.05, 4.69) is 5.32 Å². The fourth-order valence-corrected chi connectivity index (χ4v) is 1.68. The van der Waals surface area contributed by atoms with Gasteiger partial charge in [-0.3, -0.25) is 4.79 Å². The maximum absolute atomic E-state index is 10.9. The van der Waals surface area contributed by atoms with E-state index in [0.29, 0.717) is 0 Å². The number of nitrogens with one attached hydrogen (secondary N) is 1. The summed E-state index contributed by atoms with van der Waals surface area (Å²) in [6.45, 7) is 1.36. The molecule has 1 amide bonds. The molecule has 2 N–H and O–H groups in total. The van der Waals surface area contributed by atoms with Crippen molar-refractivity contribution in [2.24, 2.45) is 0 Å². The van der Waals surface area contributed by atoms with Crippen molar-refractivity contribution < 1.29 is 24.2 Å². The standard InChI is InChI=1S/C14H19NO5/c1-10(16)15-12(14(17)18)8-20-9-13(19-2)11-6-4-3-5-7-11/h3-7,12-13H,8-9H2,1-2H3,(H,15,16)(H,17,18)/t12-,13+/m0/s1. The van der Waals surface area contributed by atoms with E-state index in [1.54, 1.807) is 7.11 Å². The van der Waals surface area contributed by atoms with Crippen LogP contribution in [0.15, 0.2) is 30.3 Å². The number of amides is 1. The number of aliphatic carboxylic acids is 1. The minimum atomic E-state index is -1.13. The van der Waals surface area contributed by atoms with E-state index in [-0.39, 0.29) is 19.3 Å². The van der Waals surface area contributed by atoms with Crippen molar-refractivity contribution in [3.05, 3.63) is 35.9 Å². The molecule has 1 aromatic carbocycles. The van der Waals surface area contributed by atoms with Crippen LogP contribution in [0.2, 0.25) is 0 Å². The molecule has 0 heterocycles. The van der Waals surface area contributed by atoms with E-state index >= 15 is 0 Å². The quantitative estimate of drug-likeness (QED) is 0.742. The van der Waals surface area contributed by atoms with Crippen LogP contribution in [0.5, 0.6) is 0 Å². The highest BCUT2D eigenvalue weighted by atomic mass is 16.5. The fourth-order valence-electron chi connectivity index (χ4n) is 1.68. The lowest BCUT2D eigenvalue weighted by molar-refractivity contribution is -0.143. The van der Waals surface area contributed by atoms with Crippen LogP contribution in [-0.2, 0) is 19.1 Å². The molecule has 0 fully saturated rings. The molecule has 6 nitrogen and oxygen atoms in total. The number of rotatable bonds is 8. The number of hydrogen-bond donors (Lipinski definition) is 2. The van der Waals surface area contributed by atoms with Gasteiger partial charge in [0.1, 0.15) is 6.10 Å². The predicted molar refractivity (Wildman–Crippen MR) is 72.3 cm³/mol. The SMILES string of the molecule is CO[C@H](COC[C@H](NC(C)=O)C(=O)O)c1ccccc1. The third kappa shape index (κ3) is 5.38. The van der Waals surface area contributed by atoms with Gasteiger partial charge in [-0.25, -0.2) is 4.79 Å². The molecule has 0 aromatic heterocycles. The number of methoxy groups -OCH3 is 1. The van der Waals surface area contributed by atoms with Crippen molar-refractivity contribution >= 4 is 11.9 Å². The average Bonchev–Trinajstić information content (AvgIpc) is 2.42. The van der Waals surface area contributed by atoms with Gasteiger partial charge in [-0.1, -0.05) is 30.3 Å². The van der Waals surface area contributed by atoms with Gasteiger partial charge in [-0.2, -0.15) is 0 Å². The zero-order valence-electron chi connectivity index (χ0n) is 11.5. The van der Waals surface area contributed by atoms with Gasteiger partial charge in [0, 0.05) is 14.0 Å². The first kappa shape index (κ1) is 16.1. The van der Waals surface area contributed by atoms with Gasteiger partial charge in [0.15, 0.2) is 6.04 Å². The first-order valence-electron chi connectivity index (χ1n) is 6.20. The molecule has 0 saturated heterocycles. The highest BCUT2D eigenvalue weighted by Gasteiger charge is 2.19. The van der Waals surface area contributed by atoms with E-state index in [0.717, 1.165) is 5.56 Å². The highest BCUT2D eigenvalue weighted by molar-refractivity contribution is 5.82. The molecule has 0 spiro atoms. The van der Waals surface area contributed by atoms with E-state index in [1.807, 2.05) is 30.3 Å². The van der Waals surface area contributed by atoms with Crippen LogP contribution < -0.4 is 5.32 Å². The molecule has 0 aliphatic carbocycles. The van der Waals surface area contributed by atoms with Crippen LogP contribution in [0, 0.1) is 0 Å². The van der Waals surface area contributed by atoms with Gasteiger partial charge in [0.25, 0.3) is 0 Å². The summed E-state index contributed by atoms with van der Waals surface area (Å²) in [5, 5.41) is 11.2. The van der Waals surface area contributed by atoms with Crippen molar-refractivity contribution in [3.8, 4) is 0 Å². The van der Waals surface area contributed by atoms with Crippen molar-refractivity contribution in [1.29, 1.82) is 0 Å². The van der Waals surface area contributed by atoms with Crippen LogP contribution in [0.4, 0.5) is 0 Å². The molecular weight excluding hydrogens is 262 g/mol. The monoisotopic (exact) mass is 281 g/mol. The Kier molecular flexibility index (Phi) is 6.69. The molecule has 0 aliphatic heterocycles.